The lowest BCUT2D eigenvalue weighted by Gasteiger charge is -2.40. The highest BCUT2D eigenvalue weighted by atomic mass is 32.2. The van der Waals surface area contributed by atoms with Gasteiger partial charge in [-0.15, -0.1) is 23.5 Å². The summed E-state index contributed by atoms with van der Waals surface area (Å²) in [6, 6.07) is 10.4. The second-order valence-corrected chi connectivity index (χ2v) is 7.28. The normalized spacial score (nSPS) is 20.1. The Morgan fingerprint density at radius 3 is 2.44 bits per heavy atom. The lowest BCUT2D eigenvalue weighted by molar-refractivity contribution is -0.145. The smallest absolute Gasteiger partial charge is 0.302 e. The Morgan fingerprint density at radius 1 is 1.28 bits per heavy atom. The van der Waals surface area contributed by atoms with Gasteiger partial charge in [0, 0.05) is 6.92 Å². The maximum absolute atomic E-state index is 11.2. The van der Waals surface area contributed by atoms with E-state index in [9.17, 15) is 4.79 Å². The summed E-state index contributed by atoms with van der Waals surface area (Å²) in [6.07, 6.45) is 1.10. The molecule has 98 valence electrons. The van der Waals surface area contributed by atoms with Crippen molar-refractivity contribution >= 4 is 29.5 Å². The summed E-state index contributed by atoms with van der Waals surface area (Å²) in [4.78, 5) is 11.2. The van der Waals surface area contributed by atoms with Crippen LogP contribution in [-0.4, -0.2) is 23.6 Å². The molecule has 0 N–H and O–H groups in total. The van der Waals surface area contributed by atoms with Gasteiger partial charge in [0.15, 0.2) is 0 Å². The zero-order valence-electron chi connectivity index (χ0n) is 10.7. The van der Waals surface area contributed by atoms with Gasteiger partial charge in [-0.1, -0.05) is 30.3 Å². The second kappa shape index (κ2) is 6.02. The molecule has 1 aliphatic rings. The van der Waals surface area contributed by atoms with Gasteiger partial charge < -0.3 is 4.74 Å². The molecule has 2 rings (SSSR count). The molecule has 1 aliphatic heterocycles. The molecule has 0 saturated carbocycles. The average Bonchev–Trinajstić information content (AvgIpc) is 2.40. The van der Waals surface area contributed by atoms with Crippen LogP contribution in [0.25, 0.3) is 0 Å². The maximum Gasteiger partial charge on any atom is 0.302 e. The number of esters is 1. The van der Waals surface area contributed by atoms with E-state index in [1.165, 1.54) is 18.9 Å². The zero-order chi connectivity index (χ0) is 13.0. The third-order valence-corrected chi connectivity index (χ3v) is 6.66. The molecule has 0 spiro atoms. The minimum absolute atomic E-state index is 0.118. The molecule has 0 unspecified atom stereocenters. The summed E-state index contributed by atoms with van der Waals surface area (Å²) in [5, 5.41) is 0. The lowest BCUT2D eigenvalue weighted by Crippen LogP contribution is -2.37. The van der Waals surface area contributed by atoms with Gasteiger partial charge in [0.2, 0.25) is 0 Å². The van der Waals surface area contributed by atoms with E-state index in [1.807, 2.05) is 48.6 Å². The Labute approximate surface area is 117 Å². The Balaban J connectivity index is 2.31. The van der Waals surface area contributed by atoms with Crippen LogP contribution in [0.3, 0.4) is 0 Å². The van der Waals surface area contributed by atoms with Gasteiger partial charge in [0.1, 0.15) is 10.2 Å². The number of benzene rings is 1. The van der Waals surface area contributed by atoms with Crippen molar-refractivity contribution in [3.05, 3.63) is 35.9 Å². The van der Waals surface area contributed by atoms with Crippen LogP contribution in [0.2, 0.25) is 0 Å². The average molecular weight is 282 g/mol. The molecule has 1 aromatic rings. The van der Waals surface area contributed by atoms with Crippen LogP contribution in [0.1, 0.15) is 25.8 Å². The standard InChI is InChI=1S/C14H18O2S2/c1-11(16-12(2)15)14(17-9-6-10-18-14)13-7-4-3-5-8-13/h3-5,7-8,11H,6,9-10H2,1-2H3/t11-/m1/s1. The quantitative estimate of drug-likeness (QED) is 0.790. The van der Waals surface area contributed by atoms with Crippen LogP contribution in [-0.2, 0) is 13.6 Å². The van der Waals surface area contributed by atoms with Crippen LogP contribution in [0.5, 0.6) is 0 Å². The summed E-state index contributed by atoms with van der Waals surface area (Å²) in [5.41, 5.74) is 1.24. The number of thioether (sulfide) groups is 2. The van der Waals surface area contributed by atoms with E-state index in [4.69, 9.17) is 4.74 Å². The predicted octanol–water partition coefficient (Wildman–Crippen LogP) is 3.66. The maximum atomic E-state index is 11.2. The zero-order valence-corrected chi connectivity index (χ0v) is 12.4. The van der Waals surface area contributed by atoms with Crippen molar-refractivity contribution in [2.45, 2.75) is 30.5 Å². The van der Waals surface area contributed by atoms with Crippen LogP contribution >= 0.6 is 23.5 Å². The van der Waals surface area contributed by atoms with E-state index >= 15 is 0 Å². The molecule has 2 nitrogen and oxygen atoms in total. The van der Waals surface area contributed by atoms with Crippen molar-refractivity contribution in [1.29, 1.82) is 0 Å². The highest BCUT2D eigenvalue weighted by molar-refractivity contribution is 8.18. The van der Waals surface area contributed by atoms with Gasteiger partial charge in [-0.05, 0) is 30.4 Å². The molecule has 1 fully saturated rings. The van der Waals surface area contributed by atoms with Crippen LogP contribution in [0, 0.1) is 0 Å². The van der Waals surface area contributed by atoms with Crippen molar-refractivity contribution in [2.24, 2.45) is 0 Å². The Kier molecular flexibility index (Phi) is 4.62. The summed E-state index contributed by atoms with van der Waals surface area (Å²) in [5.74, 6) is 2.03. The van der Waals surface area contributed by atoms with Gasteiger partial charge in [0.05, 0.1) is 0 Å². The van der Waals surface area contributed by atoms with Crippen LogP contribution < -0.4 is 0 Å². The third-order valence-electron chi connectivity index (χ3n) is 2.98. The molecule has 4 heteroatoms. The van der Waals surface area contributed by atoms with E-state index in [0.29, 0.717) is 0 Å². The first kappa shape index (κ1) is 13.8. The first-order valence-corrected chi connectivity index (χ1v) is 8.13. The number of ether oxygens (including phenoxy) is 1. The first-order valence-electron chi connectivity index (χ1n) is 6.16. The number of rotatable bonds is 3. The van der Waals surface area contributed by atoms with Crippen LogP contribution in [0.4, 0.5) is 0 Å². The van der Waals surface area contributed by atoms with Crippen molar-refractivity contribution in [2.75, 3.05) is 11.5 Å². The Morgan fingerprint density at radius 2 is 1.89 bits per heavy atom. The van der Waals surface area contributed by atoms with Gasteiger partial charge in [-0.25, -0.2) is 0 Å². The summed E-state index contributed by atoms with van der Waals surface area (Å²) >= 11 is 3.80. The molecule has 0 aromatic heterocycles. The van der Waals surface area contributed by atoms with Crippen molar-refractivity contribution < 1.29 is 9.53 Å². The third kappa shape index (κ3) is 2.86. The molecular weight excluding hydrogens is 264 g/mol. The van der Waals surface area contributed by atoms with E-state index in [-0.39, 0.29) is 16.2 Å². The molecule has 1 saturated heterocycles. The second-order valence-electron chi connectivity index (χ2n) is 4.34. The Hall–Kier alpha value is -0.610. The van der Waals surface area contributed by atoms with Crippen molar-refractivity contribution in [3.63, 3.8) is 0 Å². The number of hydrogen-bond donors (Lipinski definition) is 0. The SMILES string of the molecule is CC(=O)O[C@H](C)C1(c2ccccc2)SCCCS1. The Bertz CT molecular complexity index is 400. The van der Waals surface area contributed by atoms with Crippen LogP contribution in [0.15, 0.2) is 30.3 Å². The highest BCUT2D eigenvalue weighted by Gasteiger charge is 2.42. The molecule has 0 radical (unpaired) electrons. The summed E-state index contributed by atoms with van der Waals surface area (Å²) in [7, 11) is 0. The topological polar surface area (TPSA) is 26.3 Å². The van der Waals surface area contributed by atoms with Gasteiger partial charge in [-0.2, -0.15) is 0 Å². The fraction of sp³-hybridized carbons (Fsp3) is 0.500. The number of hydrogen-bond acceptors (Lipinski definition) is 4. The van der Waals surface area contributed by atoms with E-state index in [2.05, 4.69) is 12.1 Å². The largest absolute Gasteiger partial charge is 0.460 e. The minimum atomic E-state index is -0.204. The molecule has 0 aliphatic carbocycles. The lowest BCUT2D eigenvalue weighted by atomic mass is 10.1. The molecule has 1 atom stereocenters. The predicted molar refractivity (Wildman–Crippen MR) is 78.9 cm³/mol. The van der Waals surface area contributed by atoms with E-state index in [1.54, 1.807) is 0 Å². The molecule has 0 amide bonds. The van der Waals surface area contributed by atoms with Gasteiger partial charge in [-0.3, -0.25) is 4.79 Å². The summed E-state index contributed by atoms with van der Waals surface area (Å²) in [6.45, 7) is 3.48. The van der Waals surface area contributed by atoms with E-state index in [0.717, 1.165) is 11.5 Å². The monoisotopic (exact) mass is 282 g/mol. The van der Waals surface area contributed by atoms with Gasteiger partial charge >= 0.3 is 5.97 Å². The first-order chi connectivity index (χ1) is 8.65. The number of carbonyl (C=O) groups excluding carboxylic acids is 1. The molecule has 1 aromatic carbocycles. The number of carbonyl (C=O) groups is 1. The molecular formula is C14H18O2S2. The van der Waals surface area contributed by atoms with Gasteiger partial charge in [0.25, 0.3) is 0 Å². The molecule has 1 heterocycles. The fourth-order valence-corrected chi connectivity index (χ4v) is 5.55. The fourth-order valence-electron chi connectivity index (χ4n) is 2.18. The molecule has 0 bridgehead atoms. The molecule has 18 heavy (non-hydrogen) atoms. The van der Waals surface area contributed by atoms with Crippen molar-refractivity contribution in [3.8, 4) is 0 Å². The van der Waals surface area contributed by atoms with E-state index < -0.39 is 0 Å². The summed E-state index contributed by atoms with van der Waals surface area (Å²) < 4.78 is 5.32. The highest BCUT2D eigenvalue weighted by Crippen LogP contribution is 2.53. The minimum Gasteiger partial charge on any atom is -0.460 e. The van der Waals surface area contributed by atoms with Crippen molar-refractivity contribution in [1.82, 2.24) is 0 Å².